The summed E-state index contributed by atoms with van der Waals surface area (Å²) in [7, 11) is 1.95. The predicted molar refractivity (Wildman–Crippen MR) is 66.2 cm³/mol. The second kappa shape index (κ2) is 5.76. The van der Waals surface area contributed by atoms with E-state index in [-0.39, 0.29) is 0 Å². The number of nitrogens with zero attached hydrogens (tertiary/aromatic N) is 1. The van der Waals surface area contributed by atoms with E-state index < -0.39 is 17.7 Å². The summed E-state index contributed by atoms with van der Waals surface area (Å²) in [5, 5.41) is 9.98. The molecule has 4 heteroatoms. The highest BCUT2D eigenvalue weighted by atomic mass is 19.2. The molecule has 1 aromatic carbocycles. The molecule has 1 saturated carbocycles. The topological polar surface area (TPSA) is 23.5 Å². The number of likely N-dealkylation sites (N-methyl/N-ethyl adjacent to an activating group) is 1. The molecule has 1 fully saturated rings. The molecular weight excluding hydrogens is 236 g/mol. The van der Waals surface area contributed by atoms with Crippen LogP contribution in [-0.4, -0.2) is 30.1 Å². The van der Waals surface area contributed by atoms with Gasteiger partial charge in [0, 0.05) is 13.1 Å². The van der Waals surface area contributed by atoms with E-state index in [2.05, 4.69) is 4.90 Å². The Bertz CT molecular complexity index is 407. The van der Waals surface area contributed by atoms with Crippen LogP contribution in [0.1, 0.15) is 30.9 Å². The van der Waals surface area contributed by atoms with Crippen molar-refractivity contribution in [3.8, 4) is 0 Å². The lowest BCUT2D eigenvalue weighted by atomic mass is 9.85. The number of rotatable bonds is 5. The standard InChI is InChI=1S/C14H19F2NO/c1-17(8-10-3-2-4-10)9-14(18)11-5-6-12(15)13(16)7-11/h5-7,10,14,18H,2-4,8-9H2,1H3. The molecule has 1 aliphatic carbocycles. The van der Waals surface area contributed by atoms with Crippen molar-refractivity contribution in [2.45, 2.75) is 25.4 Å². The van der Waals surface area contributed by atoms with Gasteiger partial charge < -0.3 is 10.0 Å². The summed E-state index contributed by atoms with van der Waals surface area (Å²) >= 11 is 0. The summed E-state index contributed by atoms with van der Waals surface area (Å²) in [6.07, 6.45) is 3.03. The zero-order chi connectivity index (χ0) is 13.1. The van der Waals surface area contributed by atoms with Crippen molar-refractivity contribution >= 4 is 0 Å². The molecule has 18 heavy (non-hydrogen) atoms. The minimum absolute atomic E-state index is 0.425. The normalized spacial score (nSPS) is 17.8. The number of aliphatic hydroxyl groups is 1. The monoisotopic (exact) mass is 255 g/mol. The molecule has 100 valence electrons. The van der Waals surface area contributed by atoms with Gasteiger partial charge in [-0.25, -0.2) is 8.78 Å². The van der Waals surface area contributed by atoms with Gasteiger partial charge in [-0.1, -0.05) is 12.5 Å². The van der Waals surface area contributed by atoms with E-state index in [0.717, 1.165) is 24.6 Å². The summed E-state index contributed by atoms with van der Waals surface area (Å²) in [6, 6.07) is 3.55. The second-order valence-electron chi connectivity index (χ2n) is 5.21. The Balaban J connectivity index is 1.89. The average Bonchev–Trinajstić information content (AvgIpc) is 2.27. The number of hydrogen-bond acceptors (Lipinski definition) is 2. The first-order valence-electron chi connectivity index (χ1n) is 6.38. The molecule has 1 aliphatic rings. The number of benzene rings is 1. The van der Waals surface area contributed by atoms with Crippen molar-refractivity contribution in [1.29, 1.82) is 0 Å². The van der Waals surface area contributed by atoms with Crippen LogP contribution >= 0.6 is 0 Å². The molecule has 2 nitrogen and oxygen atoms in total. The van der Waals surface area contributed by atoms with Gasteiger partial charge in [0.1, 0.15) is 0 Å². The van der Waals surface area contributed by atoms with E-state index >= 15 is 0 Å². The van der Waals surface area contributed by atoms with E-state index in [4.69, 9.17) is 0 Å². The molecule has 0 saturated heterocycles. The van der Waals surface area contributed by atoms with Crippen LogP contribution in [-0.2, 0) is 0 Å². The van der Waals surface area contributed by atoms with Gasteiger partial charge in [0.25, 0.3) is 0 Å². The summed E-state index contributed by atoms with van der Waals surface area (Å²) in [4.78, 5) is 2.05. The minimum Gasteiger partial charge on any atom is -0.387 e. The van der Waals surface area contributed by atoms with E-state index in [9.17, 15) is 13.9 Å². The third-order valence-corrected chi connectivity index (χ3v) is 3.61. The second-order valence-corrected chi connectivity index (χ2v) is 5.21. The first-order valence-corrected chi connectivity index (χ1v) is 6.38. The van der Waals surface area contributed by atoms with E-state index in [0.29, 0.717) is 12.1 Å². The van der Waals surface area contributed by atoms with Crippen LogP contribution in [0.3, 0.4) is 0 Å². The van der Waals surface area contributed by atoms with Crippen molar-refractivity contribution in [1.82, 2.24) is 4.90 Å². The highest BCUT2D eigenvalue weighted by Crippen LogP contribution is 2.27. The summed E-state index contributed by atoms with van der Waals surface area (Å²) in [5.41, 5.74) is 0.425. The lowest BCUT2D eigenvalue weighted by molar-refractivity contribution is 0.106. The van der Waals surface area contributed by atoms with Crippen LogP contribution in [0.15, 0.2) is 18.2 Å². The largest absolute Gasteiger partial charge is 0.387 e. The fraction of sp³-hybridized carbons (Fsp3) is 0.571. The summed E-state index contributed by atoms with van der Waals surface area (Å²) in [5.74, 6) is -1.06. The molecule has 1 unspecified atom stereocenters. The van der Waals surface area contributed by atoms with Gasteiger partial charge in [-0.3, -0.25) is 0 Å². The first kappa shape index (κ1) is 13.4. The molecule has 0 radical (unpaired) electrons. The van der Waals surface area contributed by atoms with E-state index in [1.54, 1.807) is 0 Å². The van der Waals surface area contributed by atoms with Gasteiger partial charge in [0.05, 0.1) is 6.10 Å². The summed E-state index contributed by atoms with van der Waals surface area (Å²) < 4.78 is 25.8. The highest BCUT2D eigenvalue weighted by molar-refractivity contribution is 5.20. The van der Waals surface area contributed by atoms with Crippen LogP contribution in [0.4, 0.5) is 8.78 Å². The van der Waals surface area contributed by atoms with Crippen molar-refractivity contribution in [3.05, 3.63) is 35.4 Å². The Morgan fingerprint density at radius 3 is 2.61 bits per heavy atom. The third kappa shape index (κ3) is 3.27. The first-order chi connectivity index (χ1) is 8.56. The van der Waals surface area contributed by atoms with Crippen LogP contribution in [0.2, 0.25) is 0 Å². The van der Waals surface area contributed by atoms with Gasteiger partial charge in [0.15, 0.2) is 11.6 Å². The summed E-state index contributed by atoms with van der Waals surface area (Å²) in [6.45, 7) is 1.41. The van der Waals surface area contributed by atoms with E-state index in [1.807, 2.05) is 7.05 Å². The fourth-order valence-electron chi connectivity index (χ4n) is 2.31. The average molecular weight is 255 g/mol. The lowest BCUT2D eigenvalue weighted by Crippen LogP contribution is -2.32. The molecule has 1 N–H and O–H groups in total. The van der Waals surface area contributed by atoms with E-state index in [1.165, 1.54) is 25.3 Å². The van der Waals surface area contributed by atoms with Crippen LogP contribution in [0.25, 0.3) is 0 Å². The Morgan fingerprint density at radius 1 is 1.33 bits per heavy atom. The maximum absolute atomic E-state index is 13.1. The van der Waals surface area contributed by atoms with Crippen LogP contribution in [0, 0.1) is 17.6 Å². The van der Waals surface area contributed by atoms with Gasteiger partial charge in [-0.05, 0) is 43.5 Å². The van der Waals surface area contributed by atoms with Crippen molar-refractivity contribution < 1.29 is 13.9 Å². The number of halogens is 2. The van der Waals surface area contributed by atoms with Gasteiger partial charge in [0.2, 0.25) is 0 Å². The molecule has 0 amide bonds. The Labute approximate surface area is 106 Å². The number of hydrogen-bond donors (Lipinski definition) is 1. The highest BCUT2D eigenvalue weighted by Gasteiger charge is 2.20. The number of aliphatic hydroxyl groups excluding tert-OH is 1. The van der Waals surface area contributed by atoms with Crippen LogP contribution < -0.4 is 0 Å². The molecule has 0 spiro atoms. The minimum atomic E-state index is -0.909. The fourth-order valence-corrected chi connectivity index (χ4v) is 2.31. The lowest BCUT2D eigenvalue weighted by Gasteiger charge is -2.31. The molecular formula is C14H19F2NO. The zero-order valence-corrected chi connectivity index (χ0v) is 10.6. The van der Waals surface area contributed by atoms with Crippen LogP contribution in [0.5, 0.6) is 0 Å². The van der Waals surface area contributed by atoms with Crippen molar-refractivity contribution in [2.24, 2.45) is 5.92 Å². The maximum Gasteiger partial charge on any atom is 0.159 e. The third-order valence-electron chi connectivity index (χ3n) is 3.61. The molecule has 2 rings (SSSR count). The molecule has 0 bridgehead atoms. The Kier molecular flexibility index (Phi) is 4.30. The smallest absolute Gasteiger partial charge is 0.159 e. The molecule has 0 heterocycles. The van der Waals surface area contributed by atoms with Crippen molar-refractivity contribution in [3.63, 3.8) is 0 Å². The van der Waals surface area contributed by atoms with Gasteiger partial charge >= 0.3 is 0 Å². The SMILES string of the molecule is CN(CC1CCC1)CC(O)c1ccc(F)c(F)c1. The Morgan fingerprint density at radius 2 is 2.06 bits per heavy atom. The molecule has 0 aromatic heterocycles. The maximum atomic E-state index is 13.1. The zero-order valence-electron chi connectivity index (χ0n) is 10.6. The van der Waals surface area contributed by atoms with Gasteiger partial charge in [-0.15, -0.1) is 0 Å². The van der Waals surface area contributed by atoms with Gasteiger partial charge in [-0.2, -0.15) is 0 Å². The predicted octanol–water partition coefficient (Wildman–Crippen LogP) is 2.73. The quantitative estimate of drug-likeness (QED) is 0.874. The Hall–Kier alpha value is -1.00. The molecule has 1 aromatic rings. The molecule has 0 aliphatic heterocycles. The van der Waals surface area contributed by atoms with Crippen molar-refractivity contribution in [2.75, 3.05) is 20.1 Å². The molecule has 1 atom stereocenters.